The maximum Gasteiger partial charge on any atom is 0.303 e. The minimum atomic E-state index is -0.917. The molecular formula is C45H52N4O11S. The van der Waals surface area contributed by atoms with Crippen LogP contribution < -0.4 is 25.0 Å². The van der Waals surface area contributed by atoms with Crippen molar-refractivity contribution in [2.24, 2.45) is 5.10 Å². The molecule has 1 aliphatic carbocycles. The second-order valence-corrected chi connectivity index (χ2v) is 14.4. The summed E-state index contributed by atoms with van der Waals surface area (Å²) in [6.07, 6.45) is 10.5. The normalized spacial score (nSPS) is 12.2. The van der Waals surface area contributed by atoms with Crippen LogP contribution in [-0.2, 0) is 43.1 Å². The van der Waals surface area contributed by atoms with Gasteiger partial charge in [0, 0.05) is 52.7 Å². The Hall–Kier alpha value is -5.78. The molecule has 1 heterocycles. The summed E-state index contributed by atoms with van der Waals surface area (Å²) in [6.45, 7) is 5.87. The highest BCUT2D eigenvalue weighted by molar-refractivity contribution is 7.94. The maximum absolute atomic E-state index is 12.6. The highest BCUT2D eigenvalue weighted by Crippen LogP contribution is 2.33. The van der Waals surface area contributed by atoms with Crippen molar-refractivity contribution in [3.05, 3.63) is 119 Å². The molecule has 0 spiro atoms. The van der Waals surface area contributed by atoms with E-state index in [4.69, 9.17) is 23.3 Å². The fourth-order valence-corrected chi connectivity index (χ4v) is 6.98. The number of amides is 1. The fourth-order valence-electron chi connectivity index (χ4n) is 6.48. The van der Waals surface area contributed by atoms with Crippen LogP contribution in [0.2, 0.25) is 0 Å². The number of aliphatic carboxylic acids is 1. The van der Waals surface area contributed by atoms with E-state index >= 15 is 0 Å². The van der Waals surface area contributed by atoms with Gasteiger partial charge < -0.3 is 29.4 Å². The Labute approximate surface area is 359 Å². The smallest absolute Gasteiger partial charge is 0.303 e. The van der Waals surface area contributed by atoms with E-state index in [9.17, 15) is 19.5 Å². The number of carbonyl (C=O) groups is 3. The number of hydrogen-bond donors (Lipinski definition) is 3. The zero-order chi connectivity index (χ0) is 43.1. The number of nitrogens with one attached hydrogen (secondary N) is 2. The Morgan fingerprint density at radius 2 is 1.66 bits per heavy atom. The third kappa shape index (κ3) is 15.0. The number of ether oxygens (including phenoxy) is 4. The van der Waals surface area contributed by atoms with Gasteiger partial charge in [-0.2, -0.15) is 5.10 Å². The van der Waals surface area contributed by atoms with Gasteiger partial charge in [0.25, 0.3) is 5.91 Å². The lowest BCUT2D eigenvalue weighted by Gasteiger charge is -2.21. The van der Waals surface area contributed by atoms with Gasteiger partial charge >= 0.3 is 5.97 Å². The average Bonchev–Trinajstić information content (AvgIpc) is 3.26. The number of fused-ring (bicyclic) bond motifs is 1. The molecule has 1 aromatic heterocycles. The highest BCUT2D eigenvalue weighted by atomic mass is 32.2. The molecule has 1 amide bonds. The van der Waals surface area contributed by atoms with E-state index < -0.39 is 5.97 Å². The van der Waals surface area contributed by atoms with Crippen LogP contribution in [0, 0.1) is 0 Å². The summed E-state index contributed by atoms with van der Waals surface area (Å²) < 4.78 is 28.8. The van der Waals surface area contributed by atoms with Gasteiger partial charge in [-0.3, -0.25) is 19.8 Å². The molecule has 0 saturated heterocycles. The van der Waals surface area contributed by atoms with Gasteiger partial charge in [0.2, 0.25) is 0 Å². The van der Waals surface area contributed by atoms with Crippen LogP contribution in [-0.4, -0.2) is 80.7 Å². The number of carbonyl (C=O) groups excluding carboxylic acids is 2. The molecule has 0 atom stereocenters. The molecule has 0 bridgehead atoms. The molecule has 0 radical (unpaired) electrons. The molecule has 4 aromatic rings. The highest BCUT2D eigenvalue weighted by Gasteiger charge is 2.22. The summed E-state index contributed by atoms with van der Waals surface area (Å²) in [5.74, 6) is 1.36. The van der Waals surface area contributed by atoms with Crippen molar-refractivity contribution in [1.29, 1.82) is 0 Å². The maximum atomic E-state index is 12.6. The molecule has 5 rings (SSSR count). The number of aromatic nitrogens is 1. The summed E-state index contributed by atoms with van der Waals surface area (Å²) >= 11 is 0.973. The largest absolute Gasteiger partial charge is 0.493 e. The number of ketones is 1. The van der Waals surface area contributed by atoms with Crippen molar-refractivity contribution in [1.82, 2.24) is 10.3 Å². The molecular weight excluding hydrogens is 805 g/mol. The van der Waals surface area contributed by atoms with Gasteiger partial charge in [-0.1, -0.05) is 35.4 Å². The number of unbranched alkanes of at least 4 members (excludes halogenated alkanes) is 2. The van der Waals surface area contributed by atoms with Crippen molar-refractivity contribution in [3.8, 4) is 17.2 Å². The van der Waals surface area contributed by atoms with E-state index in [1.54, 1.807) is 24.4 Å². The Kier molecular flexibility index (Phi) is 19.5. The lowest BCUT2D eigenvalue weighted by molar-refractivity contribution is -0.447. The lowest BCUT2D eigenvalue weighted by atomic mass is 9.86. The van der Waals surface area contributed by atoms with E-state index in [1.807, 2.05) is 54.6 Å². The summed E-state index contributed by atoms with van der Waals surface area (Å²) in [4.78, 5) is 45.9. The molecule has 0 unspecified atom stereocenters. The van der Waals surface area contributed by atoms with Crippen molar-refractivity contribution < 1.29 is 52.7 Å². The monoisotopic (exact) mass is 856 g/mol. The first-order valence-corrected chi connectivity index (χ1v) is 20.9. The average molecular weight is 857 g/mol. The van der Waals surface area contributed by atoms with E-state index in [0.29, 0.717) is 54.5 Å². The predicted molar refractivity (Wildman–Crippen MR) is 230 cm³/mol. The van der Waals surface area contributed by atoms with Crippen molar-refractivity contribution in [2.75, 3.05) is 52.1 Å². The molecule has 3 aromatic carbocycles. The molecule has 0 aliphatic heterocycles. The molecule has 0 fully saturated rings. The number of anilines is 1. The zero-order valence-corrected chi connectivity index (χ0v) is 35.0. The number of hydrazone groups is 1. The molecule has 0 saturated carbocycles. The SMILES string of the molecule is C=CCc1c(OCCCCCOc2cccc(OCCOCCNC(=O)c3ccc(N/N=C/c4ccccc4SOOOC)nc3)c2CCC(=O)O)ccc2c1CCCC2=O. The zero-order valence-electron chi connectivity index (χ0n) is 34.2. The minimum absolute atomic E-state index is 0.0747. The van der Waals surface area contributed by atoms with Gasteiger partial charge in [0.05, 0.1) is 57.4 Å². The Balaban J connectivity index is 0.986. The molecule has 1 aliphatic rings. The summed E-state index contributed by atoms with van der Waals surface area (Å²) in [6, 6.07) is 19.9. The van der Waals surface area contributed by atoms with Gasteiger partial charge in [-0.15, -0.1) is 10.9 Å². The molecule has 16 heteroatoms. The number of pyridine rings is 1. The molecule has 15 nitrogen and oxygen atoms in total. The lowest BCUT2D eigenvalue weighted by Crippen LogP contribution is -2.27. The third-order valence-electron chi connectivity index (χ3n) is 9.41. The van der Waals surface area contributed by atoms with Gasteiger partial charge in [-0.05, 0) is 93.0 Å². The van der Waals surface area contributed by atoms with Crippen LogP contribution in [0.1, 0.15) is 81.5 Å². The number of benzene rings is 3. The number of rotatable bonds is 28. The van der Waals surface area contributed by atoms with Gasteiger partial charge in [-0.25, -0.2) is 9.87 Å². The second-order valence-electron chi connectivity index (χ2n) is 13.7. The van der Waals surface area contributed by atoms with Crippen LogP contribution in [0.5, 0.6) is 17.2 Å². The van der Waals surface area contributed by atoms with E-state index in [0.717, 1.165) is 77.0 Å². The first-order valence-electron chi connectivity index (χ1n) is 20.1. The Bertz CT molecular complexity index is 2080. The van der Waals surface area contributed by atoms with Gasteiger partial charge in [0.1, 0.15) is 29.7 Å². The number of carboxylic acids is 1. The van der Waals surface area contributed by atoms with Gasteiger partial charge in [0.15, 0.2) is 5.78 Å². The number of carboxylic acid groups (broad SMARTS) is 1. The Morgan fingerprint density at radius 1 is 0.885 bits per heavy atom. The topological polar surface area (TPSA) is 185 Å². The number of Topliss-reactive ketones (excluding diaryl/α,β-unsaturated/α-hetero) is 1. The minimum Gasteiger partial charge on any atom is -0.493 e. The number of hydrogen-bond acceptors (Lipinski definition) is 14. The Morgan fingerprint density at radius 3 is 2.39 bits per heavy atom. The van der Waals surface area contributed by atoms with Crippen molar-refractivity contribution in [2.45, 2.75) is 62.7 Å². The molecule has 324 valence electrons. The first-order chi connectivity index (χ1) is 29.9. The van der Waals surface area contributed by atoms with Crippen LogP contribution >= 0.6 is 12.0 Å². The molecule has 3 N–H and O–H groups in total. The quantitative estimate of drug-likeness (QED) is 0.0126. The summed E-state index contributed by atoms with van der Waals surface area (Å²) in [7, 11) is 1.34. The van der Waals surface area contributed by atoms with Crippen molar-refractivity contribution >= 4 is 41.7 Å². The van der Waals surface area contributed by atoms with E-state index in [1.165, 1.54) is 13.3 Å². The van der Waals surface area contributed by atoms with Crippen LogP contribution in [0.3, 0.4) is 0 Å². The number of allylic oxidation sites excluding steroid dienone is 1. The fraction of sp³-hybridized carbons (Fsp3) is 0.356. The predicted octanol–water partition coefficient (Wildman–Crippen LogP) is 7.76. The van der Waals surface area contributed by atoms with E-state index in [-0.39, 0.29) is 50.9 Å². The van der Waals surface area contributed by atoms with Crippen molar-refractivity contribution in [3.63, 3.8) is 0 Å². The summed E-state index contributed by atoms with van der Waals surface area (Å²) in [5.41, 5.74) is 7.63. The van der Waals surface area contributed by atoms with Crippen LogP contribution in [0.25, 0.3) is 0 Å². The third-order valence-corrected chi connectivity index (χ3v) is 10.1. The number of nitrogens with zero attached hydrogens (tertiary/aromatic N) is 2. The molecule has 61 heavy (non-hydrogen) atoms. The standard InChI is InChI=1S/C45H52N4O11S/c1-3-11-36-34-13-9-14-38(50)35(34)19-21-41(36)57-26-8-4-7-25-56-39-15-10-16-40(37(39)20-23-44(51)52)58-29-28-55-27-24-46-45(53)33-18-22-43(47-30-33)49-48-31-32-12-5-6-17-42(32)61-60-59-54-2/h3,5-6,10,12,15-19,21-22,30-31H,1,4,7-9,11,13-14,20,23-29H2,2H3,(H,46,53)(H,47,49)(H,51,52)/b48-31+. The van der Waals surface area contributed by atoms with Crippen LogP contribution in [0.15, 0.2) is 95.6 Å². The second kappa shape index (κ2) is 25.8. The first kappa shape index (κ1) is 46.3. The summed E-state index contributed by atoms with van der Waals surface area (Å²) in [5, 5.41) is 20.8. The van der Waals surface area contributed by atoms with Crippen LogP contribution in [0.4, 0.5) is 5.82 Å². The van der Waals surface area contributed by atoms with E-state index in [2.05, 4.69) is 37.3 Å².